The summed E-state index contributed by atoms with van der Waals surface area (Å²) in [5, 5.41) is 0. The summed E-state index contributed by atoms with van der Waals surface area (Å²) in [6.07, 6.45) is 6.60. The molecule has 78 valence electrons. The van der Waals surface area contributed by atoms with E-state index >= 15 is 0 Å². The van der Waals surface area contributed by atoms with Crippen molar-refractivity contribution in [2.45, 2.75) is 51.2 Å². The van der Waals surface area contributed by atoms with E-state index in [0.717, 1.165) is 12.3 Å². The van der Waals surface area contributed by atoms with E-state index in [0.29, 0.717) is 6.04 Å². The molecule has 3 heteroatoms. The number of nitrogens with one attached hydrogen (secondary N) is 1. The van der Waals surface area contributed by atoms with Crippen LogP contribution >= 0.6 is 0 Å². The van der Waals surface area contributed by atoms with Crippen molar-refractivity contribution in [3.63, 3.8) is 0 Å². The molecule has 0 aromatic rings. The molecular formula is C10H22N2O. The summed E-state index contributed by atoms with van der Waals surface area (Å²) in [4.78, 5) is 0. The molecule has 0 bridgehead atoms. The molecule has 0 aromatic carbocycles. The smallest absolute Gasteiger partial charge is 0.0737 e. The van der Waals surface area contributed by atoms with Gasteiger partial charge in [-0.05, 0) is 25.2 Å². The third-order valence-corrected chi connectivity index (χ3v) is 3.21. The maximum atomic E-state index is 5.57. The molecule has 1 rings (SSSR count). The van der Waals surface area contributed by atoms with Gasteiger partial charge < -0.3 is 4.74 Å². The number of hydrogen-bond acceptors (Lipinski definition) is 3. The van der Waals surface area contributed by atoms with Gasteiger partial charge in [-0.1, -0.05) is 19.8 Å². The van der Waals surface area contributed by atoms with Crippen LogP contribution in [0.3, 0.4) is 0 Å². The van der Waals surface area contributed by atoms with Crippen LogP contribution in [0.15, 0.2) is 0 Å². The maximum absolute atomic E-state index is 5.57. The van der Waals surface area contributed by atoms with Crippen LogP contribution in [-0.4, -0.2) is 19.3 Å². The Kier molecular flexibility index (Phi) is 4.70. The summed E-state index contributed by atoms with van der Waals surface area (Å²) in [5.74, 6) is 6.29. The lowest BCUT2D eigenvalue weighted by atomic mass is 9.92. The van der Waals surface area contributed by atoms with Crippen molar-refractivity contribution in [1.82, 2.24) is 5.43 Å². The fourth-order valence-electron chi connectivity index (χ4n) is 2.43. The highest BCUT2D eigenvalue weighted by Gasteiger charge is 2.29. The van der Waals surface area contributed by atoms with Crippen LogP contribution in [0.1, 0.15) is 39.0 Å². The van der Waals surface area contributed by atoms with Crippen molar-refractivity contribution in [2.24, 2.45) is 11.8 Å². The molecule has 0 heterocycles. The molecule has 3 nitrogen and oxygen atoms in total. The summed E-state index contributed by atoms with van der Waals surface area (Å²) < 4.78 is 5.42. The Morgan fingerprint density at radius 1 is 1.46 bits per heavy atom. The first-order valence-electron chi connectivity index (χ1n) is 5.32. The molecule has 1 aliphatic rings. The number of nitrogens with two attached hydrogens (primary N) is 1. The van der Waals surface area contributed by atoms with Crippen molar-refractivity contribution in [2.75, 3.05) is 7.11 Å². The highest BCUT2D eigenvalue weighted by atomic mass is 16.5. The first-order valence-corrected chi connectivity index (χ1v) is 5.32. The van der Waals surface area contributed by atoms with Gasteiger partial charge in [0.15, 0.2) is 0 Å². The van der Waals surface area contributed by atoms with E-state index < -0.39 is 0 Å². The van der Waals surface area contributed by atoms with E-state index in [1.54, 1.807) is 7.11 Å². The van der Waals surface area contributed by atoms with Gasteiger partial charge in [-0.3, -0.25) is 11.3 Å². The van der Waals surface area contributed by atoms with Gasteiger partial charge in [-0.15, -0.1) is 0 Å². The Morgan fingerprint density at radius 3 is 2.46 bits per heavy atom. The van der Waals surface area contributed by atoms with Crippen molar-refractivity contribution in [3.05, 3.63) is 0 Å². The Morgan fingerprint density at radius 2 is 2.08 bits per heavy atom. The zero-order valence-corrected chi connectivity index (χ0v) is 8.75. The lowest BCUT2D eigenvalue weighted by molar-refractivity contribution is 0.0453. The Hall–Kier alpha value is -0.120. The quantitative estimate of drug-likeness (QED) is 0.504. The third-order valence-electron chi connectivity index (χ3n) is 3.21. The summed E-state index contributed by atoms with van der Waals surface area (Å²) in [5.41, 5.74) is 2.92. The van der Waals surface area contributed by atoms with Crippen LogP contribution in [-0.2, 0) is 4.74 Å². The molecule has 0 aromatic heterocycles. The van der Waals surface area contributed by atoms with E-state index in [4.69, 9.17) is 10.6 Å². The van der Waals surface area contributed by atoms with Crippen molar-refractivity contribution < 1.29 is 4.74 Å². The minimum absolute atomic E-state index is 0.271. The summed E-state index contributed by atoms with van der Waals surface area (Å²) in [7, 11) is 1.77. The zero-order chi connectivity index (χ0) is 9.68. The standard InChI is InChI=1S/C10H22N2O/c1-3-9(13-2)10(12-11)8-6-4-5-7-8/h8-10,12H,3-7,11H2,1-2H3. The van der Waals surface area contributed by atoms with Gasteiger partial charge >= 0.3 is 0 Å². The lowest BCUT2D eigenvalue weighted by Gasteiger charge is -2.29. The summed E-state index contributed by atoms with van der Waals surface area (Å²) >= 11 is 0. The first kappa shape index (κ1) is 11.0. The van der Waals surface area contributed by atoms with Crippen LogP contribution in [0.2, 0.25) is 0 Å². The highest BCUT2D eigenvalue weighted by Crippen LogP contribution is 2.29. The number of rotatable bonds is 5. The van der Waals surface area contributed by atoms with E-state index in [1.807, 2.05) is 0 Å². The molecule has 0 spiro atoms. The van der Waals surface area contributed by atoms with Crippen molar-refractivity contribution >= 4 is 0 Å². The number of ether oxygens (including phenoxy) is 1. The second-order valence-corrected chi connectivity index (χ2v) is 3.92. The van der Waals surface area contributed by atoms with Gasteiger partial charge in [0.25, 0.3) is 0 Å². The highest BCUT2D eigenvalue weighted by molar-refractivity contribution is 4.84. The largest absolute Gasteiger partial charge is 0.380 e. The zero-order valence-electron chi connectivity index (χ0n) is 8.75. The predicted octanol–water partition coefficient (Wildman–Crippen LogP) is 1.43. The summed E-state index contributed by atoms with van der Waals surface area (Å²) in [6.45, 7) is 2.15. The molecule has 1 aliphatic carbocycles. The average molecular weight is 186 g/mol. The molecule has 13 heavy (non-hydrogen) atoms. The molecule has 0 radical (unpaired) electrons. The predicted molar refractivity (Wildman–Crippen MR) is 54.2 cm³/mol. The van der Waals surface area contributed by atoms with Crippen molar-refractivity contribution in [1.29, 1.82) is 0 Å². The van der Waals surface area contributed by atoms with Gasteiger partial charge in [-0.2, -0.15) is 0 Å². The SMILES string of the molecule is CCC(OC)C(NN)C1CCCC1. The molecule has 3 N–H and O–H groups in total. The molecule has 1 saturated carbocycles. The van der Waals surface area contributed by atoms with Gasteiger partial charge in [0.05, 0.1) is 12.1 Å². The molecule has 0 saturated heterocycles. The second kappa shape index (κ2) is 5.58. The number of hydrogen-bond donors (Lipinski definition) is 2. The van der Waals surface area contributed by atoms with Gasteiger partial charge in [0.1, 0.15) is 0 Å². The molecular weight excluding hydrogens is 164 g/mol. The van der Waals surface area contributed by atoms with Gasteiger partial charge in [0, 0.05) is 7.11 Å². The van der Waals surface area contributed by atoms with Crippen molar-refractivity contribution in [3.8, 4) is 0 Å². The van der Waals surface area contributed by atoms with E-state index in [1.165, 1.54) is 25.7 Å². The maximum Gasteiger partial charge on any atom is 0.0737 e. The van der Waals surface area contributed by atoms with Gasteiger partial charge in [0.2, 0.25) is 0 Å². The minimum Gasteiger partial charge on any atom is -0.380 e. The van der Waals surface area contributed by atoms with E-state index in [2.05, 4.69) is 12.3 Å². The van der Waals surface area contributed by atoms with Crippen LogP contribution in [0, 0.1) is 5.92 Å². The Balaban J connectivity index is 2.48. The Bertz CT molecular complexity index is 129. The first-order chi connectivity index (χ1) is 6.33. The average Bonchev–Trinajstić information content (AvgIpc) is 2.66. The Labute approximate surface area is 81.0 Å². The third kappa shape index (κ3) is 2.66. The summed E-state index contributed by atoms with van der Waals surface area (Å²) in [6, 6.07) is 0.345. The fourth-order valence-corrected chi connectivity index (χ4v) is 2.43. The minimum atomic E-state index is 0.271. The second-order valence-electron chi connectivity index (χ2n) is 3.92. The van der Waals surface area contributed by atoms with E-state index in [9.17, 15) is 0 Å². The number of methoxy groups -OCH3 is 1. The monoisotopic (exact) mass is 186 g/mol. The molecule has 2 atom stereocenters. The fraction of sp³-hybridized carbons (Fsp3) is 1.00. The van der Waals surface area contributed by atoms with Crippen LogP contribution in [0.25, 0.3) is 0 Å². The van der Waals surface area contributed by atoms with Crippen LogP contribution in [0.5, 0.6) is 0 Å². The topological polar surface area (TPSA) is 47.3 Å². The lowest BCUT2D eigenvalue weighted by Crippen LogP contribution is -2.48. The molecule has 2 unspecified atom stereocenters. The molecule has 0 amide bonds. The number of hydrazine groups is 1. The van der Waals surface area contributed by atoms with Gasteiger partial charge in [-0.25, -0.2) is 0 Å². The van der Waals surface area contributed by atoms with Crippen LogP contribution in [0.4, 0.5) is 0 Å². The molecule has 1 fully saturated rings. The van der Waals surface area contributed by atoms with Crippen LogP contribution < -0.4 is 11.3 Å². The van der Waals surface area contributed by atoms with E-state index in [-0.39, 0.29) is 6.10 Å². The molecule has 0 aliphatic heterocycles. The normalized spacial score (nSPS) is 23.3.